The van der Waals surface area contributed by atoms with Crippen LogP contribution in [0.5, 0.6) is 0 Å². The van der Waals surface area contributed by atoms with E-state index in [0.29, 0.717) is 17.6 Å². The van der Waals surface area contributed by atoms with E-state index in [-0.39, 0.29) is 5.91 Å². The van der Waals surface area contributed by atoms with Gasteiger partial charge in [0.2, 0.25) is 5.95 Å². The zero-order valence-electron chi connectivity index (χ0n) is 15.5. The van der Waals surface area contributed by atoms with Crippen LogP contribution in [-0.4, -0.2) is 40.4 Å². The molecule has 0 radical (unpaired) electrons. The quantitative estimate of drug-likeness (QED) is 0.771. The summed E-state index contributed by atoms with van der Waals surface area (Å²) in [6.07, 6.45) is 7.04. The van der Waals surface area contributed by atoms with Gasteiger partial charge in [-0.1, -0.05) is 43.7 Å². The number of likely N-dealkylation sites (tertiary alicyclic amines) is 1. The molecule has 0 aliphatic carbocycles. The highest BCUT2D eigenvalue weighted by molar-refractivity contribution is 5.92. The number of carbonyl (C=O) groups excluding carboxylic acids is 1. The molecule has 1 aliphatic heterocycles. The Balaban J connectivity index is 1.52. The van der Waals surface area contributed by atoms with Crippen molar-refractivity contribution in [1.29, 1.82) is 0 Å². The lowest BCUT2D eigenvalue weighted by Gasteiger charge is -2.32. The molecule has 2 aromatic rings. The van der Waals surface area contributed by atoms with Crippen molar-refractivity contribution in [2.75, 3.05) is 25.0 Å². The van der Waals surface area contributed by atoms with Crippen LogP contribution >= 0.6 is 0 Å². The first-order valence-corrected chi connectivity index (χ1v) is 9.66. The topological polar surface area (TPSA) is 58.1 Å². The largest absolute Gasteiger partial charge is 0.354 e. The van der Waals surface area contributed by atoms with Crippen LogP contribution in [0.1, 0.15) is 48.7 Å². The van der Waals surface area contributed by atoms with Gasteiger partial charge >= 0.3 is 0 Å². The maximum atomic E-state index is 12.8. The third-order valence-corrected chi connectivity index (χ3v) is 4.96. The van der Waals surface area contributed by atoms with E-state index in [1.54, 1.807) is 12.3 Å². The Kier molecular flexibility index (Phi) is 6.58. The Morgan fingerprint density at radius 1 is 1.19 bits per heavy atom. The number of rotatable bonds is 7. The Morgan fingerprint density at radius 2 is 1.96 bits per heavy atom. The molecule has 5 heteroatoms. The third-order valence-electron chi connectivity index (χ3n) is 4.96. The molecule has 1 aromatic carbocycles. The molecule has 3 rings (SSSR count). The first-order chi connectivity index (χ1) is 12.8. The number of unbranched alkanes of at least 4 members (excludes halogenated alkanes) is 1. The second-order valence-corrected chi connectivity index (χ2v) is 6.97. The summed E-state index contributed by atoms with van der Waals surface area (Å²) in [5.41, 5.74) is 1.87. The minimum atomic E-state index is 0.0177. The van der Waals surface area contributed by atoms with Gasteiger partial charge in [0.25, 0.3) is 5.91 Å². The first kappa shape index (κ1) is 18.4. The van der Waals surface area contributed by atoms with Gasteiger partial charge in [-0.05, 0) is 43.2 Å². The monoisotopic (exact) mass is 352 g/mol. The Bertz CT molecular complexity index is 696. The average molecular weight is 352 g/mol. The highest BCUT2D eigenvalue weighted by atomic mass is 16.2. The number of piperidine rings is 1. The van der Waals surface area contributed by atoms with Gasteiger partial charge in [0, 0.05) is 25.8 Å². The lowest BCUT2D eigenvalue weighted by Crippen LogP contribution is -2.39. The standard InChI is InChI=1S/C21H28N4O/c1-2-3-12-22-21-23-13-9-19(24-21)20(26)25-14-10-18(11-15-25)16-17-7-5-4-6-8-17/h4-9,13,18H,2-3,10-12,14-16H2,1H3,(H,22,23,24). The number of nitrogens with zero attached hydrogens (tertiary/aromatic N) is 3. The fraction of sp³-hybridized carbons (Fsp3) is 0.476. The third kappa shape index (κ3) is 5.04. The van der Waals surface area contributed by atoms with Gasteiger partial charge in [-0.15, -0.1) is 0 Å². The summed E-state index contributed by atoms with van der Waals surface area (Å²) in [5.74, 6) is 1.21. The number of aromatic nitrogens is 2. The van der Waals surface area contributed by atoms with E-state index in [9.17, 15) is 4.79 Å². The molecule has 1 fully saturated rings. The first-order valence-electron chi connectivity index (χ1n) is 9.66. The van der Waals surface area contributed by atoms with Gasteiger partial charge in [-0.25, -0.2) is 9.97 Å². The van der Waals surface area contributed by atoms with Crippen molar-refractivity contribution >= 4 is 11.9 Å². The van der Waals surface area contributed by atoms with Crippen molar-refractivity contribution in [2.24, 2.45) is 5.92 Å². The van der Waals surface area contributed by atoms with Crippen LogP contribution in [0, 0.1) is 5.92 Å². The average Bonchev–Trinajstić information content (AvgIpc) is 2.69. The van der Waals surface area contributed by atoms with Crippen molar-refractivity contribution in [1.82, 2.24) is 14.9 Å². The van der Waals surface area contributed by atoms with Crippen LogP contribution in [0.15, 0.2) is 42.6 Å². The predicted octanol–water partition coefficient (Wildman–Crippen LogP) is 3.78. The second kappa shape index (κ2) is 9.32. The second-order valence-electron chi connectivity index (χ2n) is 6.97. The molecule has 1 aliphatic rings. The van der Waals surface area contributed by atoms with Gasteiger partial charge < -0.3 is 10.2 Å². The van der Waals surface area contributed by atoms with E-state index in [0.717, 1.165) is 51.7 Å². The molecule has 0 atom stereocenters. The van der Waals surface area contributed by atoms with Gasteiger partial charge in [-0.2, -0.15) is 0 Å². The van der Waals surface area contributed by atoms with Crippen LogP contribution in [0.4, 0.5) is 5.95 Å². The van der Waals surface area contributed by atoms with Crippen molar-refractivity contribution in [3.63, 3.8) is 0 Å². The molecule has 138 valence electrons. The fourth-order valence-electron chi connectivity index (χ4n) is 3.39. The van der Waals surface area contributed by atoms with Crippen LogP contribution in [-0.2, 0) is 6.42 Å². The van der Waals surface area contributed by atoms with Crippen LogP contribution in [0.3, 0.4) is 0 Å². The maximum Gasteiger partial charge on any atom is 0.272 e. The predicted molar refractivity (Wildman–Crippen MR) is 104 cm³/mol. The number of benzene rings is 1. The van der Waals surface area contributed by atoms with E-state index < -0.39 is 0 Å². The molecular weight excluding hydrogens is 324 g/mol. The fourth-order valence-corrected chi connectivity index (χ4v) is 3.39. The smallest absolute Gasteiger partial charge is 0.272 e. The van der Waals surface area contributed by atoms with E-state index in [1.807, 2.05) is 4.90 Å². The lowest BCUT2D eigenvalue weighted by molar-refractivity contribution is 0.0684. The maximum absolute atomic E-state index is 12.8. The van der Waals surface area contributed by atoms with Crippen molar-refractivity contribution in [3.05, 3.63) is 53.9 Å². The zero-order chi connectivity index (χ0) is 18.2. The Labute approximate surface area is 155 Å². The molecule has 2 heterocycles. The minimum absolute atomic E-state index is 0.0177. The molecule has 0 unspecified atom stereocenters. The van der Waals surface area contributed by atoms with Crippen molar-refractivity contribution < 1.29 is 4.79 Å². The highest BCUT2D eigenvalue weighted by Crippen LogP contribution is 2.22. The van der Waals surface area contributed by atoms with Gasteiger partial charge in [0.05, 0.1) is 0 Å². The number of nitrogens with one attached hydrogen (secondary N) is 1. The molecule has 1 amide bonds. The van der Waals surface area contributed by atoms with E-state index in [4.69, 9.17) is 0 Å². The summed E-state index contributed by atoms with van der Waals surface area (Å²) < 4.78 is 0. The number of anilines is 1. The summed E-state index contributed by atoms with van der Waals surface area (Å²) in [6, 6.07) is 12.3. The number of amides is 1. The molecule has 0 saturated carbocycles. The van der Waals surface area contributed by atoms with Crippen LogP contribution in [0.2, 0.25) is 0 Å². The summed E-state index contributed by atoms with van der Waals surface area (Å²) >= 11 is 0. The van der Waals surface area contributed by atoms with Crippen LogP contribution < -0.4 is 5.32 Å². The van der Waals surface area contributed by atoms with E-state index >= 15 is 0 Å². The van der Waals surface area contributed by atoms with Crippen molar-refractivity contribution in [2.45, 2.75) is 39.0 Å². The molecule has 0 bridgehead atoms. The van der Waals surface area contributed by atoms with E-state index in [2.05, 4.69) is 52.5 Å². The number of hydrogen-bond acceptors (Lipinski definition) is 4. The van der Waals surface area contributed by atoms with Crippen LogP contribution in [0.25, 0.3) is 0 Å². The summed E-state index contributed by atoms with van der Waals surface area (Å²) in [7, 11) is 0. The molecule has 5 nitrogen and oxygen atoms in total. The highest BCUT2D eigenvalue weighted by Gasteiger charge is 2.24. The van der Waals surface area contributed by atoms with Gasteiger partial charge in [0.1, 0.15) is 5.69 Å². The normalized spacial score (nSPS) is 15.0. The van der Waals surface area contributed by atoms with Crippen molar-refractivity contribution in [3.8, 4) is 0 Å². The number of hydrogen-bond donors (Lipinski definition) is 1. The van der Waals surface area contributed by atoms with E-state index in [1.165, 1.54) is 5.56 Å². The summed E-state index contributed by atoms with van der Waals surface area (Å²) in [5, 5.41) is 3.19. The molecule has 26 heavy (non-hydrogen) atoms. The summed E-state index contributed by atoms with van der Waals surface area (Å²) in [4.78, 5) is 23.3. The molecule has 1 N–H and O–H groups in total. The number of carbonyl (C=O) groups is 1. The Hall–Kier alpha value is -2.43. The van der Waals surface area contributed by atoms with Gasteiger partial charge in [-0.3, -0.25) is 4.79 Å². The zero-order valence-corrected chi connectivity index (χ0v) is 15.5. The Morgan fingerprint density at radius 3 is 2.69 bits per heavy atom. The van der Waals surface area contributed by atoms with Gasteiger partial charge in [0.15, 0.2) is 0 Å². The minimum Gasteiger partial charge on any atom is -0.354 e. The molecule has 1 saturated heterocycles. The molecule has 0 spiro atoms. The molecular formula is C21H28N4O. The summed E-state index contributed by atoms with van der Waals surface area (Å²) in [6.45, 7) is 4.58. The molecule has 1 aromatic heterocycles. The lowest BCUT2D eigenvalue weighted by atomic mass is 9.90. The SMILES string of the molecule is CCCCNc1nccc(C(=O)N2CCC(Cc3ccccc3)CC2)n1.